The molecule has 6 heteroatoms. The predicted molar refractivity (Wildman–Crippen MR) is 247 cm³/mol. The molecule has 58 heavy (non-hydrogen) atoms. The van der Waals surface area contributed by atoms with Crippen LogP contribution in [0, 0.1) is 11.8 Å². The van der Waals surface area contributed by atoms with Crippen molar-refractivity contribution in [2.45, 2.75) is 291 Å². The molecule has 6 nitrogen and oxygen atoms in total. The molecule has 0 N–H and O–H groups in total. The van der Waals surface area contributed by atoms with E-state index in [0.717, 1.165) is 69.6 Å². The summed E-state index contributed by atoms with van der Waals surface area (Å²) in [7, 11) is 0. The van der Waals surface area contributed by atoms with Crippen molar-refractivity contribution < 1.29 is 28.6 Å². The van der Waals surface area contributed by atoms with Gasteiger partial charge in [-0.25, -0.2) is 0 Å². The Balaban J connectivity index is 4.28. The van der Waals surface area contributed by atoms with Crippen LogP contribution in [0.25, 0.3) is 0 Å². The number of rotatable bonds is 46. The normalized spacial score (nSPS) is 12.5. The van der Waals surface area contributed by atoms with Gasteiger partial charge in [0.15, 0.2) is 6.10 Å². The van der Waals surface area contributed by atoms with Gasteiger partial charge in [-0.15, -0.1) is 0 Å². The highest BCUT2D eigenvalue weighted by Gasteiger charge is 2.19. The van der Waals surface area contributed by atoms with Crippen LogP contribution >= 0.6 is 0 Å². The van der Waals surface area contributed by atoms with Crippen molar-refractivity contribution in [1.29, 1.82) is 0 Å². The first-order valence-electron chi connectivity index (χ1n) is 25.8. The molecule has 0 aromatic carbocycles. The van der Waals surface area contributed by atoms with Crippen molar-refractivity contribution in [2.75, 3.05) is 13.2 Å². The number of hydrogen-bond acceptors (Lipinski definition) is 6. The fourth-order valence-electron chi connectivity index (χ4n) is 7.78. The number of carbonyl (C=O) groups is 3. The second kappa shape index (κ2) is 44.9. The van der Waals surface area contributed by atoms with Crippen LogP contribution in [0.1, 0.15) is 285 Å². The smallest absolute Gasteiger partial charge is 0.306 e. The fourth-order valence-corrected chi connectivity index (χ4v) is 7.78. The Bertz CT molecular complexity index is 887. The third-order valence-electron chi connectivity index (χ3n) is 12.1. The molecule has 0 amide bonds. The molecule has 0 aliphatic carbocycles. The molecule has 0 aromatic rings. The molecule has 0 radical (unpaired) electrons. The third-order valence-corrected chi connectivity index (χ3v) is 12.1. The van der Waals surface area contributed by atoms with Gasteiger partial charge in [-0.3, -0.25) is 14.4 Å². The van der Waals surface area contributed by atoms with Gasteiger partial charge in [0.25, 0.3) is 0 Å². The topological polar surface area (TPSA) is 78.9 Å². The van der Waals surface area contributed by atoms with E-state index in [1.54, 1.807) is 0 Å². The average molecular weight is 821 g/mol. The van der Waals surface area contributed by atoms with E-state index in [9.17, 15) is 14.4 Å². The SMILES string of the molecule is CCCCCCCCCCCCCCCCCC(=O)OC[C@@H](COC(=O)CCCCCCCCCCCCCCC(C)C)OC(=O)CCCCCCCCC(C)CC. The second-order valence-electron chi connectivity index (χ2n) is 18.5. The summed E-state index contributed by atoms with van der Waals surface area (Å²) in [6.07, 6.45) is 45.2. The highest BCUT2D eigenvalue weighted by Crippen LogP contribution is 2.18. The van der Waals surface area contributed by atoms with Gasteiger partial charge in [-0.2, -0.15) is 0 Å². The lowest BCUT2D eigenvalue weighted by Crippen LogP contribution is -2.30. The maximum Gasteiger partial charge on any atom is 0.306 e. The van der Waals surface area contributed by atoms with E-state index >= 15 is 0 Å². The summed E-state index contributed by atoms with van der Waals surface area (Å²) in [4.78, 5) is 37.9. The Kier molecular flexibility index (Phi) is 43.7. The Morgan fingerprint density at radius 2 is 0.655 bits per heavy atom. The fraction of sp³-hybridized carbons (Fsp3) is 0.942. The van der Waals surface area contributed by atoms with E-state index in [1.165, 1.54) is 173 Å². The van der Waals surface area contributed by atoms with Crippen LogP contribution < -0.4 is 0 Å². The largest absolute Gasteiger partial charge is 0.462 e. The van der Waals surface area contributed by atoms with Gasteiger partial charge in [0.2, 0.25) is 0 Å². The first-order chi connectivity index (χ1) is 28.3. The number of carbonyl (C=O) groups excluding carboxylic acids is 3. The van der Waals surface area contributed by atoms with E-state index in [-0.39, 0.29) is 31.1 Å². The summed E-state index contributed by atoms with van der Waals surface area (Å²) in [6, 6.07) is 0. The van der Waals surface area contributed by atoms with Crippen LogP contribution in [0.15, 0.2) is 0 Å². The summed E-state index contributed by atoms with van der Waals surface area (Å²) in [5, 5.41) is 0. The molecule has 0 aliphatic rings. The number of hydrogen-bond donors (Lipinski definition) is 0. The second-order valence-corrected chi connectivity index (χ2v) is 18.5. The molecule has 0 fully saturated rings. The first kappa shape index (κ1) is 56.4. The standard InChI is InChI=1S/C52H100O6/c1-6-8-9-10-11-12-13-14-15-16-20-23-26-32-37-42-50(53)56-45-49(58-52(55)44-39-34-29-28-31-36-41-48(5)7-2)46-57-51(54)43-38-33-27-24-21-18-17-19-22-25-30-35-40-47(3)4/h47-49H,6-46H2,1-5H3/t48?,49-/m0/s1. The molecule has 0 aliphatic heterocycles. The van der Waals surface area contributed by atoms with Crippen LogP contribution in [-0.4, -0.2) is 37.2 Å². The molecule has 344 valence electrons. The van der Waals surface area contributed by atoms with Crippen molar-refractivity contribution in [3.63, 3.8) is 0 Å². The van der Waals surface area contributed by atoms with E-state index in [2.05, 4.69) is 34.6 Å². The minimum Gasteiger partial charge on any atom is -0.462 e. The van der Waals surface area contributed by atoms with E-state index in [0.29, 0.717) is 19.3 Å². The lowest BCUT2D eigenvalue weighted by atomic mass is 10.00. The maximum atomic E-state index is 12.7. The van der Waals surface area contributed by atoms with Gasteiger partial charge in [-0.1, -0.05) is 247 Å². The molecule has 1 unspecified atom stereocenters. The number of ether oxygens (including phenoxy) is 3. The Labute approximate surface area is 361 Å². The summed E-state index contributed by atoms with van der Waals surface area (Å²) >= 11 is 0. The molecular weight excluding hydrogens is 721 g/mol. The molecule has 0 rings (SSSR count). The summed E-state index contributed by atoms with van der Waals surface area (Å²) in [5.41, 5.74) is 0. The maximum absolute atomic E-state index is 12.7. The lowest BCUT2D eigenvalue weighted by Gasteiger charge is -2.18. The Hall–Kier alpha value is -1.59. The Morgan fingerprint density at radius 3 is 0.983 bits per heavy atom. The average Bonchev–Trinajstić information content (AvgIpc) is 3.21. The number of unbranched alkanes of at least 4 members (excludes halogenated alkanes) is 30. The van der Waals surface area contributed by atoms with Crippen LogP contribution in [0.4, 0.5) is 0 Å². The highest BCUT2D eigenvalue weighted by atomic mass is 16.6. The van der Waals surface area contributed by atoms with Gasteiger partial charge < -0.3 is 14.2 Å². The van der Waals surface area contributed by atoms with Gasteiger partial charge in [-0.05, 0) is 31.1 Å². The highest BCUT2D eigenvalue weighted by molar-refractivity contribution is 5.71. The van der Waals surface area contributed by atoms with Gasteiger partial charge in [0, 0.05) is 19.3 Å². The van der Waals surface area contributed by atoms with Crippen LogP contribution in [0.5, 0.6) is 0 Å². The Morgan fingerprint density at radius 1 is 0.362 bits per heavy atom. The van der Waals surface area contributed by atoms with Gasteiger partial charge in [0.05, 0.1) is 0 Å². The van der Waals surface area contributed by atoms with Crippen molar-refractivity contribution in [1.82, 2.24) is 0 Å². The van der Waals surface area contributed by atoms with Crippen molar-refractivity contribution in [3.8, 4) is 0 Å². The number of esters is 3. The van der Waals surface area contributed by atoms with Crippen LogP contribution in [-0.2, 0) is 28.6 Å². The quantitative estimate of drug-likeness (QED) is 0.0346. The minimum absolute atomic E-state index is 0.0646. The van der Waals surface area contributed by atoms with Crippen molar-refractivity contribution >= 4 is 17.9 Å². The van der Waals surface area contributed by atoms with E-state index in [1.807, 2.05) is 0 Å². The van der Waals surface area contributed by atoms with Crippen LogP contribution in [0.3, 0.4) is 0 Å². The molecule has 0 heterocycles. The lowest BCUT2D eigenvalue weighted by molar-refractivity contribution is -0.167. The molecule has 0 spiro atoms. The van der Waals surface area contributed by atoms with Crippen molar-refractivity contribution in [3.05, 3.63) is 0 Å². The zero-order chi connectivity index (χ0) is 42.6. The molecule has 0 saturated heterocycles. The van der Waals surface area contributed by atoms with Crippen LogP contribution in [0.2, 0.25) is 0 Å². The summed E-state index contributed by atoms with van der Waals surface area (Å²) in [6.45, 7) is 11.3. The zero-order valence-electron chi connectivity index (χ0n) is 39.7. The third kappa shape index (κ3) is 44.0. The minimum atomic E-state index is -0.762. The first-order valence-corrected chi connectivity index (χ1v) is 25.8. The van der Waals surface area contributed by atoms with Crippen molar-refractivity contribution in [2.24, 2.45) is 11.8 Å². The van der Waals surface area contributed by atoms with E-state index < -0.39 is 6.10 Å². The van der Waals surface area contributed by atoms with Gasteiger partial charge in [0.1, 0.15) is 13.2 Å². The molecule has 2 atom stereocenters. The van der Waals surface area contributed by atoms with Gasteiger partial charge >= 0.3 is 17.9 Å². The monoisotopic (exact) mass is 821 g/mol. The molecular formula is C52H100O6. The summed E-state index contributed by atoms with van der Waals surface area (Å²) in [5.74, 6) is 0.792. The predicted octanol–water partition coefficient (Wildman–Crippen LogP) is 16.5. The molecule has 0 saturated carbocycles. The van der Waals surface area contributed by atoms with E-state index in [4.69, 9.17) is 14.2 Å². The summed E-state index contributed by atoms with van der Waals surface area (Å²) < 4.78 is 16.8. The molecule has 0 bridgehead atoms. The zero-order valence-corrected chi connectivity index (χ0v) is 39.7. The molecule has 0 aromatic heterocycles.